The highest BCUT2D eigenvalue weighted by Gasteiger charge is 2.33. The second kappa shape index (κ2) is 16.6. The lowest BCUT2D eigenvalue weighted by atomic mass is 10.1. The van der Waals surface area contributed by atoms with Crippen LogP contribution in [0.25, 0.3) is 0 Å². The Balaban J connectivity index is 5.42. The maximum absolute atomic E-state index is 12.9. The average molecular weight is 533 g/mol. The summed E-state index contributed by atoms with van der Waals surface area (Å²) in [7, 11) is 0. The molecule has 0 saturated heterocycles. The van der Waals surface area contributed by atoms with E-state index < -0.39 is 78.7 Å². The highest BCUT2D eigenvalue weighted by Crippen LogP contribution is 2.05. The molecule has 0 aromatic heterocycles. The van der Waals surface area contributed by atoms with Crippen molar-refractivity contribution < 1.29 is 44.1 Å². The first kappa shape index (κ1) is 33.0. The number of aliphatic carboxylic acids is 2. The lowest BCUT2D eigenvalue weighted by molar-refractivity contribution is -0.144. The number of primary amides is 1. The highest BCUT2D eigenvalue weighted by atomic mass is 16.4. The van der Waals surface area contributed by atoms with Crippen LogP contribution in [0.15, 0.2) is 4.99 Å². The minimum Gasteiger partial charge on any atom is -0.481 e. The van der Waals surface area contributed by atoms with Crippen LogP contribution < -0.4 is 38.9 Å². The van der Waals surface area contributed by atoms with Crippen molar-refractivity contribution in [3.8, 4) is 0 Å². The molecule has 0 radical (unpaired) electrons. The van der Waals surface area contributed by atoms with Crippen molar-refractivity contribution in [2.45, 2.75) is 75.7 Å². The monoisotopic (exact) mass is 532 g/mol. The summed E-state index contributed by atoms with van der Waals surface area (Å²) in [6.07, 6.45) is -2.62. The molecule has 0 aliphatic heterocycles. The van der Waals surface area contributed by atoms with Crippen LogP contribution in [0.4, 0.5) is 0 Å². The van der Waals surface area contributed by atoms with Gasteiger partial charge in [0.05, 0.1) is 12.1 Å². The van der Waals surface area contributed by atoms with E-state index in [-0.39, 0.29) is 31.8 Å². The summed E-state index contributed by atoms with van der Waals surface area (Å²) in [6.45, 7) is 1.35. The minimum atomic E-state index is -1.68. The largest absolute Gasteiger partial charge is 0.481 e. The van der Waals surface area contributed by atoms with Crippen LogP contribution in [0.5, 0.6) is 0 Å². The smallest absolute Gasteiger partial charge is 0.326 e. The number of hydrogen-bond donors (Lipinski definition) is 10. The third-order valence-corrected chi connectivity index (χ3v) is 4.94. The van der Waals surface area contributed by atoms with Crippen molar-refractivity contribution >= 4 is 41.5 Å². The molecule has 0 rings (SSSR count). The number of nitrogens with one attached hydrogen (secondary N) is 3. The molecule has 210 valence electrons. The van der Waals surface area contributed by atoms with Gasteiger partial charge in [-0.3, -0.25) is 29.0 Å². The van der Waals surface area contributed by atoms with Gasteiger partial charge in [-0.1, -0.05) is 0 Å². The second-order valence-corrected chi connectivity index (χ2v) is 8.18. The van der Waals surface area contributed by atoms with Crippen LogP contribution in [0.3, 0.4) is 0 Å². The summed E-state index contributed by atoms with van der Waals surface area (Å²) >= 11 is 0. The van der Waals surface area contributed by atoms with Gasteiger partial charge in [-0.2, -0.15) is 0 Å². The minimum absolute atomic E-state index is 0.130. The Kier molecular flexibility index (Phi) is 14.8. The first-order valence-corrected chi connectivity index (χ1v) is 11.3. The van der Waals surface area contributed by atoms with Gasteiger partial charge in [0.15, 0.2) is 5.96 Å². The first-order valence-electron chi connectivity index (χ1n) is 11.3. The van der Waals surface area contributed by atoms with Crippen LogP contribution in [0, 0.1) is 0 Å². The molecule has 0 bridgehead atoms. The molecule has 0 heterocycles. The number of carboxylic acid groups (broad SMARTS) is 2. The van der Waals surface area contributed by atoms with E-state index in [1.165, 1.54) is 0 Å². The molecule has 0 saturated carbocycles. The van der Waals surface area contributed by atoms with Crippen LogP contribution in [0.2, 0.25) is 0 Å². The van der Waals surface area contributed by atoms with Gasteiger partial charge in [0.25, 0.3) is 0 Å². The number of carbonyl (C=O) groups is 6. The number of amides is 4. The fraction of sp³-hybridized carbons (Fsp3) is 0.650. The molecular formula is C20H36N8O9. The van der Waals surface area contributed by atoms with Crippen molar-refractivity contribution in [2.75, 3.05) is 6.54 Å². The number of aliphatic hydroxyl groups excluding tert-OH is 1. The van der Waals surface area contributed by atoms with E-state index in [0.717, 1.165) is 6.92 Å². The van der Waals surface area contributed by atoms with E-state index in [0.29, 0.717) is 6.42 Å². The van der Waals surface area contributed by atoms with Gasteiger partial charge in [-0.15, -0.1) is 0 Å². The van der Waals surface area contributed by atoms with Gasteiger partial charge < -0.3 is 54.2 Å². The third-order valence-electron chi connectivity index (χ3n) is 4.94. The van der Waals surface area contributed by atoms with E-state index in [1.807, 2.05) is 0 Å². The zero-order valence-electron chi connectivity index (χ0n) is 20.4. The van der Waals surface area contributed by atoms with E-state index >= 15 is 0 Å². The summed E-state index contributed by atoms with van der Waals surface area (Å²) in [4.78, 5) is 75.0. The van der Waals surface area contributed by atoms with Crippen molar-refractivity contribution in [1.82, 2.24) is 16.0 Å². The summed E-state index contributed by atoms with van der Waals surface area (Å²) in [6, 6.07) is -5.75. The van der Waals surface area contributed by atoms with Crippen LogP contribution in [0.1, 0.15) is 45.4 Å². The predicted molar refractivity (Wildman–Crippen MR) is 128 cm³/mol. The summed E-state index contributed by atoms with van der Waals surface area (Å²) in [5.74, 6) is -6.57. The average Bonchev–Trinajstić information content (AvgIpc) is 2.78. The number of nitrogens with zero attached hydrogens (tertiary/aromatic N) is 1. The molecule has 0 aliphatic rings. The predicted octanol–water partition coefficient (Wildman–Crippen LogP) is -4.58. The standard InChI is InChI=1S/C20H36N8O9/c1-9(29)15(18(35)27-12(19(36)37)5-7-14(31)32)28-17(34)11(4-6-13(22)30)26-16(33)10(21)3-2-8-25-20(23)24/h9-12,15,29H,2-8,21H2,1H3,(H2,22,30)(H,26,33)(H,27,35)(H,28,34)(H,31,32)(H,36,37)(H4,23,24,25). The van der Waals surface area contributed by atoms with Crippen molar-refractivity contribution in [3.05, 3.63) is 0 Å². The Morgan fingerprint density at radius 2 is 1.38 bits per heavy atom. The van der Waals surface area contributed by atoms with E-state index in [9.17, 15) is 39.0 Å². The molecular weight excluding hydrogens is 496 g/mol. The topological polar surface area (TPSA) is 316 Å². The molecule has 0 fully saturated rings. The summed E-state index contributed by atoms with van der Waals surface area (Å²) in [5.41, 5.74) is 21.4. The molecule has 17 nitrogen and oxygen atoms in total. The van der Waals surface area contributed by atoms with Crippen molar-refractivity contribution in [1.29, 1.82) is 0 Å². The van der Waals surface area contributed by atoms with E-state index in [2.05, 4.69) is 20.9 Å². The van der Waals surface area contributed by atoms with Gasteiger partial charge in [0, 0.05) is 19.4 Å². The highest BCUT2D eigenvalue weighted by molar-refractivity contribution is 5.94. The van der Waals surface area contributed by atoms with E-state index in [4.69, 9.17) is 28.0 Å². The maximum atomic E-state index is 12.9. The number of hydrogen-bond acceptors (Lipinski definition) is 9. The number of aliphatic imine (C=N–C) groups is 1. The molecule has 17 heteroatoms. The number of aliphatic hydroxyl groups is 1. The Morgan fingerprint density at radius 3 is 1.86 bits per heavy atom. The van der Waals surface area contributed by atoms with Crippen LogP contribution in [-0.2, 0) is 28.8 Å². The van der Waals surface area contributed by atoms with E-state index in [1.54, 1.807) is 0 Å². The number of carboxylic acids is 2. The molecule has 5 atom stereocenters. The second-order valence-electron chi connectivity index (χ2n) is 8.18. The Morgan fingerprint density at radius 1 is 0.811 bits per heavy atom. The van der Waals surface area contributed by atoms with Crippen LogP contribution >= 0.6 is 0 Å². The quantitative estimate of drug-likeness (QED) is 0.0453. The number of nitrogens with two attached hydrogens (primary N) is 4. The molecule has 0 aromatic carbocycles. The summed E-state index contributed by atoms with van der Waals surface area (Å²) < 4.78 is 0. The fourth-order valence-electron chi connectivity index (χ4n) is 2.93. The normalized spacial score (nSPS) is 14.7. The molecule has 0 spiro atoms. The molecule has 0 aromatic rings. The summed E-state index contributed by atoms with van der Waals surface area (Å²) in [5, 5.41) is 34.6. The van der Waals surface area contributed by atoms with Crippen molar-refractivity contribution in [3.63, 3.8) is 0 Å². The van der Waals surface area contributed by atoms with Crippen molar-refractivity contribution in [2.24, 2.45) is 27.9 Å². The Bertz CT molecular complexity index is 861. The molecule has 4 amide bonds. The maximum Gasteiger partial charge on any atom is 0.326 e. The Hall–Kier alpha value is -3.99. The van der Waals surface area contributed by atoms with Gasteiger partial charge in [0.1, 0.15) is 18.1 Å². The lowest BCUT2D eigenvalue weighted by Crippen LogP contribution is -2.59. The number of carbonyl (C=O) groups excluding carboxylic acids is 4. The molecule has 5 unspecified atom stereocenters. The molecule has 37 heavy (non-hydrogen) atoms. The van der Waals surface area contributed by atoms with Gasteiger partial charge >= 0.3 is 11.9 Å². The molecule has 14 N–H and O–H groups in total. The first-order chi connectivity index (χ1) is 17.1. The molecule has 0 aliphatic carbocycles. The van der Waals surface area contributed by atoms with Gasteiger partial charge in [0.2, 0.25) is 23.6 Å². The number of rotatable bonds is 18. The Labute approximate surface area is 212 Å². The van der Waals surface area contributed by atoms with Gasteiger partial charge in [-0.25, -0.2) is 4.79 Å². The third kappa shape index (κ3) is 14.2. The SMILES string of the molecule is CC(O)C(NC(=O)C(CCC(N)=O)NC(=O)C(N)CCCN=C(N)N)C(=O)NC(CCC(=O)O)C(=O)O. The van der Waals surface area contributed by atoms with Crippen LogP contribution in [-0.4, -0.2) is 93.7 Å². The lowest BCUT2D eigenvalue weighted by Gasteiger charge is -2.26. The zero-order chi connectivity index (χ0) is 28.7. The number of guanidine groups is 1. The zero-order valence-corrected chi connectivity index (χ0v) is 20.4. The fourth-order valence-corrected chi connectivity index (χ4v) is 2.93. The van der Waals surface area contributed by atoms with Gasteiger partial charge in [-0.05, 0) is 32.6 Å².